The number of aromatic amines is 1. The Morgan fingerprint density at radius 3 is 0.993 bits per heavy atom. The molecule has 0 amide bonds. The van der Waals surface area contributed by atoms with Crippen LogP contribution in [0.1, 0.15) is 170 Å². The summed E-state index contributed by atoms with van der Waals surface area (Å²) in [5.41, 5.74) is 20.9. The monoisotopic (exact) mass is 2020 g/mol. The summed E-state index contributed by atoms with van der Waals surface area (Å²) < 4.78 is 76.7. The average Bonchev–Trinajstić information content (AvgIpc) is 1.61. The molecule has 8 atom stereocenters. The van der Waals surface area contributed by atoms with Crippen LogP contribution in [0.3, 0.4) is 0 Å². The minimum Gasteiger partial charge on any atom is -0.465 e. The molecule has 11 aromatic rings. The highest BCUT2D eigenvalue weighted by molar-refractivity contribution is 8.59. The van der Waals surface area contributed by atoms with Crippen molar-refractivity contribution in [3.8, 4) is 68.1 Å². The van der Waals surface area contributed by atoms with Crippen LogP contribution in [-0.2, 0) is 90.0 Å². The SMILES string of the molecule is C.CC(C)N(C(C)C)P(OCC1c2ccccc2-c2ccccc21)OCC1c2ccccc2-c2ccccc21.CC1C(Oc2ccc([N+](=O)[O-])cc2)O[C@H](CO)[C@H]1O[Si](C)(C)C(C)(C)C.CC1[C@@H](Oc2ccc([N+](=O)[O-])cc2)O[C@H](CO)[C@H]1O[Si](C)(C)C(C)(C)C.N#Cc1nc[nH]c1C#N.O=[P+](OCC1c2ccccc2-c2ccccc21)OCC1c2ccccc2-c2ccccc21.S=S=S=S=S. The zero-order valence-electron chi connectivity index (χ0n) is 79.1. The van der Waals surface area contributed by atoms with Crippen LogP contribution in [0.2, 0.25) is 36.3 Å². The molecule has 137 heavy (non-hydrogen) atoms. The highest BCUT2D eigenvalue weighted by Gasteiger charge is 2.52. The van der Waals surface area contributed by atoms with Crippen molar-refractivity contribution in [3.63, 3.8) is 0 Å². The number of nitrogens with zero attached hydrogens (tertiary/aromatic N) is 6. The summed E-state index contributed by atoms with van der Waals surface area (Å²) in [6.07, 6.45) is -1.28. The number of aliphatic hydroxyl groups excluding tert-OH is 2. The predicted octanol–water partition coefficient (Wildman–Crippen LogP) is 24.5. The zero-order chi connectivity index (χ0) is 97.9. The van der Waals surface area contributed by atoms with Crippen LogP contribution < -0.4 is 9.47 Å². The second-order valence-corrected chi connectivity index (χ2v) is 54.5. The molecule has 6 aliphatic rings. The molecule has 3 N–H and O–H groups in total. The minimum absolute atomic E-state index is 0. The Hall–Kier alpha value is -9.59. The molecule has 2 saturated heterocycles. The lowest BCUT2D eigenvalue weighted by molar-refractivity contribution is -0.385. The fourth-order valence-electron chi connectivity index (χ4n) is 17.2. The molecule has 722 valence electrons. The Kier molecular flexibility index (Phi) is 38.6. The Bertz CT molecular complexity index is 5660. The van der Waals surface area contributed by atoms with E-state index in [0.29, 0.717) is 50.0 Å². The normalized spacial score (nSPS) is 18.1. The first-order valence-electron chi connectivity index (χ1n) is 45.2. The van der Waals surface area contributed by atoms with E-state index in [4.69, 9.17) is 56.4 Å². The zero-order valence-corrected chi connectivity index (χ0v) is 87.0. The Morgan fingerprint density at radius 1 is 0.489 bits per heavy atom. The number of fused-ring (bicyclic) bond motifs is 12. The number of non-ortho nitro benzene ring substituents is 2. The molecule has 2 fully saturated rings. The van der Waals surface area contributed by atoms with Gasteiger partial charge in [0.1, 0.15) is 49.1 Å². The summed E-state index contributed by atoms with van der Waals surface area (Å²) in [5, 5.41) is 57.5. The van der Waals surface area contributed by atoms with Gasteiger partial charge in [-0.2, -0.15) is 10.5 Å². The van der Waals surface area contributed by atoms with Gasteiger partial charge < -0.3 is 52.0 Å². The van der Waals surface area contributed by atoms with Gasteiger partial charge in [0, 0.05) is 125 Å². The van der Waals surface area contributed by atoms with Gasteiger partial charge in [-0.15, -0.1) is 9.05 Å². The van der Waals surface area contributed by atoms with Crippen LogP contribution in [0.25, 0.3) is 44.5 Å². The van der Waals surface area contributed by atoms with Crippen molar-refractivity contribution >= 4 is 93.8 Å². The smallest absolute Gasteiger partial charge is 0.465 e. The third kappa shape index (κ3) is 26.0. The number of nitrogens with one attached hydrogen (secondary N) is 1. The summed E-state index contributed by atoms with van der Waals surface area (Å²) in [5.74, 6) is 1.35. The molecule has 0 bridgehead atoms. The van der Waals surface area contributed by atoms with Crippen molar-refractivity contribution < 1.29 is 70.5 Å². The van der Waals surface area contributed by atoms with Gasteiger partial charge in [-0.1, -0.05) is 257 Å². The number of imidazole rings is 1. The maximum absolute atomic E-state index is 12.7. The van der Waals surface area contributed by atoms with Gasteiger partial charge >= 0.3 is 8.25 Å². The van der Waals surface area contributed by atoms with Crippen LogP contribution in [0.5, 0.6) is 11.5 Å². The molecular formula is C104H122N7O17P2S5Si2+. The fourth-order valence-corrected chi connectivity index (χ4v) is 25.0. The Morgan fingerprint density at radius 2 is 0.766 bits per heavy atom. The number of hydrogen-bond donors (Lipinski definition) is 3. The van der Waals surface area contributed by atoms with E-state index in [1.807, 2.05) is 38.1 Å². The highest BCUT2D eigenvalue weighted by Crippen LogP contribution is 2.55. The molecule has 2 aliphatic heterocycles. The van der Waals surface area contributed by atoms with Gasteiger partial charge in [0.2, 0.25) is 12.6 Å². The highest BCUT2D eigenvalue weighted by atomic mass is 33.3. The Balaban J connectivity index is 0.000000168. The fraction of sp³-hybridized carbons (Fsp3) is 0.375. The largest absolute Gasteiger partial charge is 0.697 e. The number of hydrogen-bond acceptors (Lipinski definition) is 23. The summed E-state index contributed by atoms with van der Waals surface area (Å²) in [7, 11) is -3.60. The molecule has 0 saturated carbocycles. The number of aliphatic hydroxyl groups is 2. The topological polar surface area (TPSA) is 316 Å². The third-order valence-corrected chi connectivity index (χ3v) is 42.2. The average molecular weight is 2020 g/mol. The lowest BCUT2D eigenvalue weighted by atomic mass is 9.98. The van der Waals surface area contributed by atoms with E-state index in [0.717, 1.165) is 0 Å². The van der Waals surface area contributed by atoms with Gasteiger partial charge in [0.15, 0.2) is 28.0 Å². The summed E-state index contributed by atoms with van der Waals surface area (Å²) >= 11 is 8.89. The number of rotatable bonds is 27. The van der Waals surface area contributed by atoms with Gasteiger partial charge in [0.25, 0.3) is 19.9 Å². The van der Waals surface area contributed by atoms with Crippen molar-refractivity contribution in [2.24, 2.45) is 11.8 Å². The van der Waals surface area contributed by atoms with Crippen LogP contribution in [0.4, 0.5) is 11.4 Å². The molecule has 10 aromatic carbocycles. The van der Waals surface area contributed by atoms with E-state index < -0.39 is 68.1 Å². The maximum atomic E-state index is 12.7. The van der Waals surface area contributed by atoms with Crippen LogP contribution in [-0.4, -0.2) is 140 Å². The lowest BCUT2D eigenvalue weighted by Gasteiger charge is -2.40. The molecule has 1 aromatic heterocycles. The van der Waals surface area contributed by atoms with Gasteiger partial charge in [-0.3, -0.25) is 20.2 Å². The van der Waals surface area contributed by atoms with Crippen molar-refractivity contribution in [1.29, 1.82) is 10.5 Å². The molecule has 3 unspecified atom stereocenters. The molecule has 3 heterocycles. The third-order valence-electron chi connectivity index (χ3n) is 26.1. The van der Waals surface area contributed by atoms with E-state index in [2.05, 4.69) is 302 Å². The van der Waals surface area contributed by atoms with E-state index in [-0.39, 0.29) is 101 Å². The van der Waals surface area contributed by atoms with Crippen molar-refractivity contribution in [1.82, 2.24) is 14.6 Å². The predicted molar refractivity (Wildman–Crippen MR) is 558 cm³/mol. The second-order valence-electron chi connectivity index (χ2n) is 37.3. The van der Waals surface area contributed by atoms with Crippen LogP contribution in [0.15, 0.2) is 249 Å². The lowest BCUT2D eigenvalue weighted by Crippen LogP contribution is -2.48. The van der Waals surface area contributed by atoms with Crippen molar-refractivity contribution in [2.45, 2.75) is 200 Å². The van der Waals surface area contributed by atoms with Crippen LogP contribution in [0, 0.1) is 54.7 Å². The number of aromatic nitrogens is 2. The quantitative estimate of drug-likeness (QED) is 0.0186. The van der Waals surface area contributed by atoms with Gasteiger partial charge in [-0.25, -0.2) is 9.65 Å². The molecule has 17 rings (SSSR count). The number of ether oxygens (including phenoxy) is 4. The standard InChI is InChI=1S/C34H36NO2P.C28H22O3P.2C18H29NO6Si.C5H2N4.CH4.S5/c1-23(2)35(24(3)4)38(36-21-33-29-17-9-5-13-25(29)26-14-6-10-18-30(26)33)37-22-34-31-19-11-7-15-27(31)28-16-8-12-20-32(28)34;29-32(30-17-27-23-13-5-1-9-19(23)20-10-2-6-14-24(20)27)31-18-28-25-15-7-3-11-21(25)22-12-4-8-16-26(22)28;2*1-12-16(25-26(5,6)18(2,3)4)15(11-20)24-17(12)23-14-9-7-13(8-10-14)19(21)22;6-1-4-5(2-7)9-3-8-4;;1-3-5-4-2/h5-20,23-24,33-34H,21-22H2,1-4H3;1-16,27-28H,17-18H2;2*7-10,12,15-17,20H,11H2,1-6H3;3H,(H,8,9);1H4;/q;+1;;;;;/t;;12?,15-,16+,17?;12?,15-,16+,17+;;;/m..11.../s1. The molecule has 0 spiro atoms. The second kappa shape index (κ2) is 49.0. The molecule has 24 nitrogen and oxygen atoms in total. The number of H-pyrrole nitrogens is 1. The van der Waals surface area contributed by atoms with E-state index in [1.54, 1.807) is 36.4 Å². The van der Waals surface area contributed by atoms with Crippen molar-refractivity contribution in [2.75, 3.05) is 39.6 Å². The first-order chi connectivity index (χ1) is 65.1. The van der Waals surface area contributed by atoms with E-state index in [1.165, 1.54) is 146 Å². The minimum atomic E-state index is -2.22. The summed E-state index contributed by atoms with van der Waals surface area (Å²) in [6, 6.07) is 84.4. The van der Waals surface area contributed by atoms with E-state index in [9.17, 15) is 35.0 Å². The molecular weight excluding hydrogens is 1900 g/mol. The van der Waals surface area contributed by atoms with Crippen molar-refractivity contribution in [3.05, 3.63) is 325 Å². The number of nitro groups is 2. The van der Waals surface area contributed by atoms with E-state index >= 15 is 0 Å². The van der Waals surface area contributed by atoms with Gasteiger partial charge in [0.05, 0.1) is 54.8 Å². The number of benzene rings is 10. The van der Waals surface area contributed by atoms with Crippen LogP contribution >= 0.6 is 16.8 Å². The van der Waals surface area contributed by atoms with Gasteiger partial charge in [-0.05, 0) is 177 Å². The Labute approximate surface area is 827 Å². The molecule has 33 heteroatoms. The number of nitriles is 2. The molecule has 0 radical (unpaired) electrons. The first kappa shape index (κ1) is 108. The maximum Gasteiger partial charge on any atom is 0.697 e. The summed E-state index contributed by atoms with van der Waals surface area (Å²) in [4.78, 5) is 26.7. The summed E-state index contributed by atoms with van der Waals surface area (Å²) in [6.45, 7) is 36.1. The first-order valence-corrected chi connectivity index (χ1v) is 58.5. The molecule has 4 aliphatic carbocycles. The number of nitro benzene ring substituents is 2.